The van der Waals surface area contributed by atoms with Crippen LogP contribution in [0.5, 0.6) is 0 Å². The Morgan fingerprint density at radius 3 is 2.58 bits per heavy atom. The fraction of sp³-hybridized carbons (Fsp3) is 0.444. The van der Waals surface area contributed by atoms with Crippen LogP contribution >= 0.6 is 11.6 Å². The Kier molecular flexibility index (Phi) is 7.60. The van der Waals surface area contributed by atoms with Gasteiger partial charge in [-0.15, -0.1) is 11.6 Å². The number of nitriles is 1. The Bertz CT molecular complexity index is 589. The number of alkyl halides is 1. The summed E-state index contributed by atoms with van der Waals surface area (Å²) in [7, 11) is 0. The highest BCUT2D eigenvalue weighted by molar-refractivity contribution is 6.17. The Labute approximate surface area is 148 Å². The lowest BCUT2D eigenvalue weighted by Crippen LogP contribution is -2.48. The summed E-state index contributed by atoms with van der Waals surface area (Å²) in [6, 6.07) is 12.3. The fourth-order valence-electron chi connectivity index (χ4n) is 2.61. The lowest BCUT2D eigenvalue weighted by atomic mass is 10.2. The molecule has 0 aromatic heterocycles. The number of piperazine rings is 1. The summed E-state index contributed by atoms with van der Waals surface area (Å²) in [6.45, 7) is 4.48. The summed E-state index contributed by atoms with van der Waals surface area (Å²) in [5.41, 5.74) is 1.43. The summed E-state index contributed by atoms with van der Waals surface area (Å²) < 4.78 is 0. The molecule has 0 atom stereocenters. The maximum absolute atomic E-state index is 12.4. The second-order valence-electron chi connectivity index (χ2n) is 5.72. The van der Waals surface area contributed by atoms with Gasteiger partial charge in [0.05, 0.1) is 0 Å². The van der Waals surface area contributed by atoms with Crippen LogP contribution in [-0.2, 0) is 11.3 Å². The summed E-state index contributed by atoms with van der Waals surface area (Å²) in [5.74, 6) is 0.357. The average molecular weight is 347 g/mol. The van der Waals surface area contributed by atoms with Crippen molar-refractivity contribution in [3.05, 3.63) is 47.7 Å². The molecular weight excluding hydrogens is 324 g/mol. The Morgan fingerprint density at radius 1 is 1.25 bits per heavy atom. The topological polar surface area (TPSA) is 59.4 Å². The quantitative estimate of drug-likeness (QED) is 0.355. The first-order valence-electron chi connectivity index (χ1n) is 8.19. The van der Waals surface area contributed by atoms with E-state index in [4.69, 9.17) is 11.6 Å². The number of halogens is 1. The van der Waals surface area contributed by atoms with Crippen molar-refractivity contribution >= 4 is 17.5 Å². The van der Waals surface area contributed by atoms with Gasteiger partial charge >= 0.3 is 0 Å². The number of nitrogens with one attached hydrogen (secondary N) is 1. The van der Waals surface area contributed by atoms with Crippen molar-refractivity contribution in [2.24, 2.45) is 0 Å². The van der Waals surface area contributed by atoms with Crippen molar-refractivity contribution in [3.63, 3.8) is 0 Å². The third-order valence-corrected chi connectivity index (χ3v) is 4.23. The zero-order valence-electron chi connectivity index (χ0n) is 13.7. The number of carbonyl (C=O) groups excluding carboxylic acids is 1. The number of rotatable bonds is 7. The number of benzene rings is 1. The smallest absolute Gasteiger partial charge is 0.266 e. The monoisotopic (exact) mass is 346 g/mol. The van der Waals surface area contributed by atoms with E-state index in [0.29, 0.717) is 25.5 Å². The molecule has 128 valence electrons. The van der Waals surface area contributed by atoms with Gasteiger partial charge in [0.2, 0.25) is 0 Å². The second-order valence-corrected chi connectivity index (χ2v) is 6.10. The minimum atomic E-state index is -0.199. The van der Waals surface area contributed by atoms with Crippen LogP contribution in [0.3, 0.4) is 0 Å². The Hall–Kier alpha value is -2.03. The number of hydrogen-bond donors (Lipinski definition) is 1. The van der Waals surface area contributed by atoms with Gasteiger partial charge in [0.25, 0.3) is 5.91 Å². The second kappa shape index (κ2) is 9.96. The first-order valence-corrected chi connectivity index (χ1v) is 8.73. The van der Waals surface area contributed by atoms with Gasteiger partial charge < -0.3 is 10.2 Å². The van der Waals surface area contributed by atoms with E-state index in [1.165, 1.54) is 11.8 Å². The molecule has 1 aromatic carbocycles. The average Bonchev–Trinajstić information content (AvgIpc) is 2.63. The molecule has 6 heteroatoms. The first-order chi connectivity index (χ1) is 11.7. The van der Waals surface area contributed by atoms with Crippen molar-refractivity contribution in [1.29, 1.82) is 5.26 Å². The highest BCUT2D eigenvalue weighted by Gasteiger charge is 2.23. The predicted molar refractivity (Wildman–Crippen MR) is 95.3 cm³/mol. The van der Waals surface area contributed by atoms with E-state index in [1.807, 2.05) is 24.3 Å². The first kappa shape index (κ1) is 18.3. The molecule has 0 radical (unpaired) electrons. The molecule has 0 bridgehead atoms. The van der Waals surface area contributed by atoms with Gasteiger partial charge in [0, 0.05) is 51.3 Å². The fourth-order valence-corrected chi connectivity index (χ4v) is 2.74. The molecule has 5 nitrogen and oxygen atoms in total. The van der Waals surface area contributed by atoms with E-state index in [1.54, 1.807) is 4.90 Å². The van der Waals surface area contributed by atoms with Crippen LogP contribution in [0.4, 0.5) is 0 Å². The van der Waals surface area contributed by atoms with Crippen LogP contribution in [0.2, 0.25) is 0 Å². The van der Waals surface area contributed by atoms with Crippen molar-refractivity contribution in [3.8, 4) is 6.07 Å². The summed E-state index contributed by atoms with van der Waals surface area (Å²) >= 11 is 5.60. The number of nitrogens with zero attached hydrogens (tertiary/aromatic N) is 3. The lowest BCUT2D eigenvalue weighted by molar-refractivity contribution is -0.128. The van der Waals surface area contributed by atoms with Gasteiger partial charge in [-0.25, -0.2) is 0 Å². The minimum absolute atomic E-state index is 0.154. The maximum atomic E-state index is 12.4. The highest BCUT2D eigenvalue weighted by atomic mass is 35.5. The van der Waals surface area contributed by atoms with Crippen LogP contribution in [0.1, 0.15) is 12.0 Å². The minimum Gasteiger partial charge on any atom is -0.390 e. The van der Waals surface area contributed by atoms with Crippen molar-refractivity contribution in [1.82, 2.24) is 15.1 Å². The molecule has 2 rings (SSSR count). The Balaban J connectivity index is 1.82. The maximum Gasteiger partial charge on any atom is 0.266 e. The molecule has 0 aliphatic carbocycles. The highest BCUT2D eigenvalue weighted by Crippen LogP contribution is 2.10. The van der Waals surface area contributed by atoms with Gasteiger partial charge in [-0.05, 0) is 12.0 Å². The normalized spacial score (nSPS) is 15.8. The summed E-state index contributed by atoms with van der Waals surface area (Å²) in [4.78, 5) is 16.5. The van der Waals surface area contributed by atoms with Gasteiger partial charge in [-0.1, -0.05) is 30.3 Å². The summed E-state index contributed by atoms with van der Waals surface area (Å²) in [6.07, 6.45) is 2.30. The molecule has 0 saturated carbocycles. The largest absolute Gasteiger partial charge is 0.390 e. The van der Waals surface area contributed by atoms with E-state index in [0.717, 1.165) is 26.1 Å². The van der Waals surface area contributed by atoms with Crippen LogP contribution in [0.15, 0.2) is 42.1 Å². The van der Waals surface area contributed by atoms with E-state index in [-0.39, 0.29) is 11.5 Å². The molecule has 1 aliphatic heterocycles. The predicted octanol–water partition coefficient (Wildman–Crippen LogP) is 1.96. The van der Waals surface area contributed by atoms with Crippen molar-refractivity contribution in [2.75, 3.05) is 38.6 Å². The number of carbonyl (C=O) groups is 1. The van der Waals surface area contributed by atoms with Crippen LogP contribution in [0.25, 0.3) is 0 Å². The molecule has 1 amide bonds. The zero-order chi connectivity index (χ0) is 17.2. The molecule has 24 heavy (non-hydrogen) atoms. The van der Waals surface area contributed by atoms with E-state index in [2.05, 4.69) is 22.3 Å². The Morgan fingerprint density at radius 2 is 1.96 bits per heavy atom. The molecule has 1 heterocycles. The van der Waals surface area contributed by atoms with E-state index >= 15 is 0 Å². The molecule has 0 unspecified atom stereocenters. The van der Waals surface area contributed by atoms with Crippen LogP contribution in [0, 0.1) is 11.3 Å². The zero-order valence-corrected chi connectivity index (χ0v) is 14.5. The van der Waals surface area contributed by atoms with E-state index < -0.39 is 0 Å². The molecule has 1 fully saturated rings. The standard InChI is InChI=1S/C18H23ClN4O/c19-7-4-8-21-14-17(13-20)18(24)23-11-9-22(10-12-23)15-16-5-2-1-3-6-16/h1-3,5-6,14,21H,4,7-12,15H2/b17-14-. The molecule has 1 aromatic rings. The molecule has 1 aliphatic rings. The SMILES string of the molecule is N#C/C(=C/NCCCCl)C(=O)N1CCN(Cc2ccccc2)CC1. The van der Waals surface area contributed by atoms with E-state index in [9.17, 15) is 10.1 Å². The molecule has 0 spiro atoms. The van der Waals surface area contributed by atoms with Crippen molar-refractivity contribution in [2.45, 2.75) is 13.0 Å². The van der Waals surface area contributed by atoms with Gasteiger partial charge in [0.15, 0.2) is 0 Å². The number of amides is 1. The van der Waals surface area contributed by atoms with Crippen molar-refractivity contribution < 1.29 is 4.79 Å². The van der Waals surface area contributed by atoms with Gasteiger partial charge in [0.1, 0.15) is 11.6 Å². The van der Waals surface area contributed by atoms with Gasteiger partial charge in [-0.3, -0.25) is 9.69 Å². The van der Waals surface area contributed by atoms with Crippen LogP contribution in [-0.4, -0.2) is 54.3 Å². The van der Waals surface area contributed by atoms with Crippen LogP contribution < -0.4 is 5.32 Å². The third kappa shape index (κ3) is 5.55. The third-order valence-electron chi connectivity index (χ3n) is 3.96. The number of hydrogen-bond acceptors (Lipinski definition) is 4. The lowest BCUT2D eigenvalue weighted by Gasteiger charge is -2.34. The molecule has 1 N–H and O–H groups in total. The summed E-state index contributed by atoms with van der Waals surface area (Å²) in [5, 5.41) is 12.2. The molecule has 1 saturated heterocycles. The van der Waals surface area contributed by atoms with Gasteiger partial charge in [-0.2, -0.15) is 5.26 Å². The molecular formula is C18H23ClN4O.